The van der Waals surface area contributed by atoms with Crippen LogP contribution in [-0.4, -0.2) is 16.8 Å². The minimum atomic E-state index is -0.735. The highest BCUT2D eigenvalue weighted by molar-refractivity contribution is 9.09. The van der Waals surface area contributed by atoms with E-state index in [0.717, 1.165) is 50.3 Å². The lowest BCUT2D eigenvalue weighted by Gasteiger charge is -2.21. The Hall–Kier alpha value is -0.970. The van der Waals surface area contributed by atoms with Gasteiger partial charge in [-0.1, -0.05) is 35.2 Å². The maximum atomic E-state index is 13.1. The van der Waals surface area contributed by atoms with E-state index in [1.54, 1.807) is 0 Å². The lowest BCUT2D eigenvalue weighted by molar-refractivity contribution is 0.0934. The van der Waals surface area contributed by atoms with E-state index in [1.165, 1.54) is 0 Å². The van der Waals surface area contributed by atoms with Gasteiger partial charge >= 0.3 is 0 Å². The Kier molecular flexibility index (Phi) is 4.91. The van der Waals surface area contributed by atoms with Gasteiger partial charge < -0.3 is 5.32 Å². The molecule has 0 aliphatic heterocycles. The number of alkyl halides is 1. The Bertz CT molecular complexity index is 447. The molecule has 104 valence electrons. The van der Waals surface area contributed by atoms with Crippen LogP contribution in [0.5, 0.6) is 0 Å². The average molecular weight is 332 g/mol. The van der Waals surface area contributed by atoms with Crippen LogP contribution in [0.25, 0.3) is 0 Å². The van der Waals surface area contributed by atoms with Crippen LogP contribution in [0.15, 0.2) is 18.2 Å². The molecular weight excluding hydrogens is 316 g/mol. The third kappa shape index (κ3) is 4.00. The average Bonchev–Trinajstić information content (AvgIpc) is 2.54. The number of nitrogens with one attached hydrogen (secondary N) is 1. The minimum Gasteiger partial charge on any atom is -0.348 e. The predicted octanol–water partition coefficient (Wildman–Crippen LogP) is 3.79. The highest BCUT2D eigenvalue weighted by atomic mass is 79.9. The quantitative estimate of drug-likeness (QED) is 0.648. The zero-order chi connectivity index (χ0) is 13.8. The molecule has 2 rings (SSSR count). The summed E-state index contributed by atoms with van der Waals surface area (Å²) in [6.45, 7) is 0. The van der Waals surface area contributed by atoms with E-state index in [-0.39, 0.29) is 16.4 Å². The number of carbonyl (C=O) groups excluding carboxylic acids is 1. The van der Waals surface area contributed by atoms with Gasteiger partial charge in [-0.3, -0.25) is 4.79 Å². The van der Waals surface area contributed by atoms with Gasteiger partial charge in [0, 0.05) is 22.5 Å². The number of halogens is 3. The summed E-state index contributed by atoms with van der Waals surface area (Å²) in [4.78, 5) is 12.2. The third-order valence-corrected chi connectivity index (χ3v) is 4.47. The first-order valence-corrected chi connectivity index (χ1v) is 7.39. The molecule has 0 spiro atoms. The van der Waals surface area contributed by atoms with Crippen molar-refractivity contribution >= 4 is 21.8 Å². The molecule has 0 aromatic heterocycles. The molecule has 1 aliphatic rings. The molecule has 0 bridgehead atoms. The van der Waals surface area contributed by atoms with Gasteiger partial charge in [0.05, 0.1) is 0 Å². The number of amides is 1. The normalized spacial score (nSPS) is 23.7. The molecule has 2 atom stereocenters. The maximum absolute atomic E-state index is 13.1. The van der Waals surface area contributed by atoms with Crippen molar-refractivity contribution in [1.29, 1.82) is 0 Å². The monoisotopic (exact) mass is 331 g/mol. The summed E-state index contributed by atoms with van der Waals surface area (Å²) in [5.74, 6) is -1.89. The fourth-order valence-electron chi connectivity index (χ4n) is 2.36. The molecule has 1 aromatic rings. The fourth-order valence-corrected chi connectivity index (χ4v) is 3.08. The molecule has 0 saturated heterocycles. The number of carbonyl (C=O) groups is 1. The lowest BCUT2D eigenvalue weighted by Crippen LogP contribution is -2.40. The van der Waals surface area contributed by atoms with Crippen LogP contribution in [-0.2, 0) is 0 Å². The highest BCUT2D eigenvalue weighted by Crippen LogP contribution is 2.24. The topological polar surface area (TPSA) is 29.1 Å². The molecule has 5 heteroatoms. The van der Waals surface area contributed by atoms with Gasteiger partial charge in [0.15, 0.2) is 0 Å². The smallest absolute Gasteiger partial charge is 0.251 e. The third-order valence-electron chi connectivity index (χ3n) is 3.37. The van der Waals surface area contributed by atoms with Crippen LogP contribution in [0.3, 0.4) is 0 Å². The van der Waals surface area contributed by atoms with E-state index in [1.807, 2.05) is 0 Å². The van der Waals surface area contributed by atoms with E-state index >= 15 is 0 Å². The van der Waals surface area contributed by atoms with Crippen molar-refractivity contribution < 1.29 is 13.6 Å². The summed E-state index contributed by atoms with van der Waals surface area (Å²) in [7, 11) is 0. The first-order chi connectivity index (χ1) is 9.06. The molecule has 1 amide bonds. The van der Waals surface area contributed by atoms with Gasteiger partial charge in [-0.25, -0.2) is 8.78 Å². The Labute approximate surface area is 119 Å². The van der Waals surface area contributed by atoms with E-state index in [2.05, 4.69) is 21.2 Å². The summed E-state index contributed by atoms with van der Waals surface area (Å²) in [6.07, 6.45) is 5.24. The van der Waals surface area contributed by atoms with Crippen molar-refractivity contribution in [2.24, 2.45) is 0 Å². The second-order valence-electron chi connectivity index (χ2n) is 4.89. The fraction of sp³-hybridized carbons (Fsp3) is 0.500. The summed E-state index contributed by atoms with van der Waals surface area (Å²) in [5, 5.41) is 2.86. The highest BCUT2D eigenvalue weighted by Gasteiger charge is 2.23. The minimum absolute atomic E-state index is 0.0151. The van der Waals surface area contributed by atoms with Crippen molar-refractivity contribution in [3.63, 3.8) is 0 Å². The summed E-state index contributed by atoms with van der Waals surface area (Å²) in [5.41, 5.74) is 0.0291. The molecule has 0 radical (unpaired) electrons. The van der Waals surface area contributed by atoms with Gasteiger partial charge in [-0.15, -0.1) is 0 Å². The number of hydrogen-bond donors (Lipinski definition) is 1. The van der Waals surface area contributed by atoms with Crippen molar-refractivity contribution in [3.8, 4) is 0 Å². The predicted molar refractivity (Wildman–Crippen MR) is 73.4 cm³/mol. The van der Waals surface area contributed by atoms with Gasteiger partial charge in [0.2, 0.25) is 0 Å². The first-order valence-electron chi connectivity index (χ1n) is 6.47. The van der Waals surface area contributed by atoms with Crippen LogP contribution in [0.2, 0.25) is 0 Å². The van der Waals surface area contributed by atoms with E-state index in [4.69, 9.17) is 0 Å². The van der Waals surface area contributed by atoms with Crippen LogP contribution in [0.4, 0.5) is 8.78 Å². The van der Waals surface area contributed by atoms with Crippen LogP contribution < -0.4 is 5.32 Å². The zero-order valence-electron chi connectivity index (χ0n) is 10.5. The van der Waals surface area contributed by atoms with Crippen LogP contribution >= 0.6 is 15.9 Å². The number of rotatable bonds is 2. The molecule has 1 saturated carbocycles. The van der Waals surface area contributed by atoms with Crippen molar-refractivity contribution in [3.05, 3.63) is 35.4 Å². The molecule has 1 fully saturated rings. The zero-order valence-corrected chi connectivity index (χ0v) is 12.1. The SMILES string of the molecule is O=C(NC1CCCCCC1Br)c1cc(F)cc(F)c1. The maximum Gasteiger partial charge on any atom is 0.251 e. The Morgan fingerprint density at radius 3 is 2.42 bits per heavy atom. The summed E-state index contributed by atoms with van der Waals surface area (Å²) < 4.78 is 26.2. The molecule has 2 unspecified atom stereocenters. The van der Waals surface area contributed by atoms with E-state index < -0.39 is 17.5 Å². The second-order valence-corrected chi connectivity index (χ2v) is 6.07. The van der Waals surface area contributed by atoms with Crippen LogP contribution in [0.1, 0.15) is 42.5 Å². The summed E-state index contributed by atoms with van der Waals surface area (Å²) >= 11 is 3.57. The molecular formula is C14H16BrF2NO. The van der Waals surface area contributed by atoms with E-state index in [9.17, 15) is 13.6 Å². The van der Waals surface area contributed by atoms with Gasteiger partial charge in [-0.05, 0) is 25.0 Å². The number of benzene rings is 1. The molecule has 1 aromatic carbocycles. The lowest BCUT2D eigenvalue weighted by atomic mass is 10.1. The van der Waals surface area contributed by atoms with Crippen molar-refractivity contribution in [2.45, 2.75) is 43.0 Å². The Morgan fingerprint density at radius 2 is 1.74 bits per heavy atom. The summed E-state index contributed by atoms with van der Waals surface area (Å²) in [6, 6.07) is 2.88. The largest absolute Gasteiger partial charge is 0.348 e. The van der Waals surface area contributed by atoms with Gasteiger partial charge in [0.1, 0.15) is 11.6 Å². The Morgan fingerprint density at radius 1 is 1.11 bits per heavy atom. The first kappa shape index (κ1) is 14.4. The Balaban J connectivity index is 2.07. The molecule has 1 aliphatic carbocycles. The molecule has 19 heavy (non-hydrogen) atoms. The molecule has 0 heterocycles. The standard InChI is InChI=1S/C14H16BrF2NO/c15-12-4-2-1-3-5-13(12)18-14(19)9-6-10(16)8-11(17)7-9/h6-8,12-13H,1-5H2,(H,18,19). The van der Waals surface area contributed by atoms with Crippen LogP contribution in [0, 0.1) is 11.6 Å². The van der Waals surface area contributed by atoms with Gasteiger partial charge in [0.25, 0.3) is 5.91 Å². The molecule has 1 N–H and O–H groups in total. The second kappa shape index (κ2) is 6.46. The van der Waals surface area contributed by atoms with E-state index in [0.29, 0.717) is 0 Å². The molecule has 2 nitrogen and oxygen atoms in total. The van der Waals surface area contributed by atoms with Gasteiger partial charge in [-0.2, -0.15) is 0 Å². The number of hydrogen-bond acceptors (Lipinski definition) is 1. The van der Waals surface area contributed by atoms with Crippen molar-refractivity contribution in [2.75, 3.05) is 0 Å². The van der Waals surface area contributed by atoms with Crippen molar-refractivity contribution in [1.82, 2.24) is 5.32 Å².